The van der Waals surface area contributed by atoms with Crippen LogP contribution in [0.5, 0.6) is 0 Å². The quantitative estimate of drug-likeness (QED) is 0.435. The minimum atomic E-state index is -2.97. The van der Waals surface area contributed by atoms with Crippen LogP contribution in [0.2, 0.25) is 0 Å². The van der Waals surface area contributed by atoms with Crippen molar-refractivity contribution in [2.45, 2.75) is 44.3 Å². The second-order valence-corrected chi connectivity index (χ2v) is 10.8. The zero-order chi connectivity index (χ0) is 27.1. The lowest BCUT2D eigenvalue weighted by Crippen LogP contribution is -2.51. The molecule has 2 aliphatic heterocycles. The van der Waals surface area contributed by atoms with Crippen molar-refractivity contribution in [1.29, 1.82) is 10.5 Å². The van der Waals surface area contributed by atoms with Gasteiger partial charge in [-0.25, -0.2) is 8.78 Å². The first-order chi connectivity index (χ1) is 17.4. The molecule has 0 N–H and O–H groups in total. The summed E-state index contributed by atoms with van der Waals surface area (Å²) in [6.07, 6.45) is 2.47. The van der Waals surface area contributed by atoms with Crippen molar-refractivity contribution >= 4 is 23.2 Å². The van der Waals surface area contributed by atoms with Crippen LogP contribution in [0.4, 0.5) is 8.78 Å². The molecule has 1 fully saturated rings. The van der Waals surface area contributed by atoms with E-state index in [4.69, 9.17) is 0 Å². The molecule has 1 saturated heterocycles. The minimum Gasteiger partial charge on any atom is -0.315 e. The molecule has 0 spiro atoms. The average molecular weight is 516 g/mol. The van der Waals surface area contributed by atoms with Crippen LogP contribution in [0.1, 0.15) is 60.9 Å². The van der Waals surface area contributed by atoms with Crippen LogP contribution in [0.15, 0.2) is 71.8 Å². The molecule has 0 aliphatic carbocycles. The number of likely N-dealkylation sites (N-methyl/N-ethyl adjacent to an activating group) is 1. The number of carbonyl (C=O) groups excluding carboxylic acids is 1. The molecule has 3 atom stereocenters. The number of carbonyl (C=O) groups is 1. The summed E-state index contributed by atoms with van der Waals surface area (Å²) < 4.78 is 27.8. The van der Waals surface area contributed by atoms with Crippen LogP contribution in [-0.2, 0) is 10.7 Å². The highest BCUT2D eigenvalue weighted by molar-refractivity contribution is 8.03. The van der Waals surface area contributed by atoms with Gasteiger partial charge in [0, 0.05) is 35.9 Å². The van der Waals surface area contributed by atoms with Crippen molar-refractivity contribution in [1.82, 2.24) is 4.90 Å². The van der Waals surface area contributed by atoms with Crippen LogP contribution in [0.25, 0.3) is 5.57 Å². The Bertz CT molecular complexity index is 1390. The third-order valence-electron chi connectivity index (χ3n) is 7.53. The maximum Gasteiger partial charge on any atom is 0.270 e. The number of benzene rings is 2. The largest absolute Gasteiger partial charge is 0.315 e. The van der Waals surface area contributed by atoms with E-state index in [1.165, 1.54) is 12.1 Å². The number of likely N-dealkylation sites (tertiary alicyclic amines) is 1. The molecule has 0 saturated carbocycles. The summed E-state index contributed by atoms with van der Waals surface area (Å²) in [4.78, 5) is 15.4. The standard InChI is InChI=1S/C30H27F2N3OS/c1-6-25-18(2)29(3,26-14-23(17-37-26)22-12-19(15-33)11-20(13-22)16-34)27(28(36)35(25)5)21-7-9-24(10-8-21)30(4,31)32/h6-13,17,26-27H,2,14H2,1,3-5H3/b25-6-/t26?,27-,29-/m1/s1. The molecular weight excluding hydrogens is 488 g/mol. The third-order valence-corrected chi connectivity index (χ3v) is 8.94. The van der Waals surface area contributed by atoms with Crippen molar-refractivity contribution in [2.24, 2.45) is 5.41 Å². The normalized spacial score (nSPS) is 25.1. The molecule has 2 heterocycles. The Morgan fingerprint density at radius 3 is 2.27 bits per heavy atom. The van der Waals surface area contributed by atoms with Crippen LogP contribution in [-0.4, -0.2) is 23.1 Å². The second-order valence-electron chi connectivity index (χ2n) is 9.77. The van der Waals surface area contributed by atoms with Gasteiger partial charge in [-0.1, -0.05) is 43.8 Å². The monoisotopic (exact) mass is 515 g/mol. The molecule has 1 amide bonds. The third kappa shape index (κ3) is 4.49. The van der Waals surface area contributed by atoms with E-state index < -0.39 is 17.3 Å². The summed E-state index contributed by atoms with van der Waals surface area (Å²) in [6, 6.07) is 15.3. The first-order valence-corrected chi connectivity index (χ1v) is 12.8. The lowest BCUT2D eigenvalue weighted by Gasteiger charge is -2.50. The van der Waals surface area contributed by atoms with Crippen LogP contribution in [0.3, 0.4) is 0 Å². The Hall–Kier alpha value is -3.68. The topological polar surface area (TPSA) is 67.9 Å². The molecule has 2 aromatic carbocycles. The van der Waals surface area contributed by atoms with E-state index in [0.29, 0.717) is 23.1 Å². The molecule has 4 rings (SSSR count). The van der Waals surface area contributed by atoms with Crippen LogP contribution < -0.4 is 0 Å². The highest BCUT2D eigenvalue weighted by Crippen LogP contribution is 2.58. The van der Waals surface area contributed by atoms with Crippen molar-refractivity contribution < 1.29 is 13.6 Å². The number of nitrogens with zero attached hydrogens (tertiary/aromatic N) is 3. The lowest BCUT2D eigenvalue weighted by molar-refractivity contribution is -0.133. The molecule has 188 valence electrons. The number of alkyl halides is 2. The zero-order valence-corrected chi connectivity index (χ0v) is 22.0. The molecule has 7 heteroatoms. The number of halogens is 2. The van der Waals surface area contributed by atoms with Crippen LogP contribution in [0, 0.1) is 28.1 Å². The van der Waals surface area contributed by atoms with Crippen LogP contribution >= 0.6 is 11.8 Å². The van der Waals surface area contributed by atoms with Gasteiger partial charge >= 0.3 is 0 Å². The smallest absolute Gasteiger partial charge is 0.270 e. The fraction of sp³-hybridized carbons (Fsp3) is 0.300. The molecule has 2 aliphatic rings. The van der Waals surface area contributed by atoms with Crippen molar-refractivity contribution in [2.75, 3.05) is 7.05 Å². The maximum atomic E-state index is 13.9. The van der Waals surface area contributed by atoms with E-state index in [1.54, 1.807) is 54.0 Å². The molecule has 2 aromatic rings. The van der Waals surface area contributed by atoms with E-state index >= 15 is 0 Å². The van der Waals surface area contributed by atoms with E-state index in [2.05, 4.69) is 18.7 Å². The number of allylic oxidation sites excluding steroid dienone is 3. The van der Waals surface area contributed by atoms with Gasteiger partial charge in [-0.3, -0.25) is 4.79 Å². The fourth-order valence-corrected chi connectivity index (χ4v) is 6.77. The Morgan fingerprint density at radius 1 is 1.16 bits per heavy atom. The summed E-state index contributed by atoms with van der Waals surface area (Å²) in [5.41, 5.74) is 3.99. The van der Waals surface area contributed by atoms with Crippen molar-refractivity contribution in [3.63, 3.8) is 0 Å². The summed E-state index contributed by atoms with van der Waals surface area (Å²) in [7, 11) is 1.71. The average Bonchev–Trinajstić information content (AvgIpc) is 3.38. The number of nitriles is 2. The second kappa shape index (κ2) is 9.65. The first-order valence-electron chi connectivity index (χ1n) is 11.9. The predicted molar refractivity (Wildman–Crippen MR) is 142 cm³/mol. The molecule has 0 aromatic heterocycles. The Kier molecular flexibility index (Phi) is 6.88. The van der Waals surface area contributed by atoms with E-state index in [-0.39, 0.29) is 16.7 Å². The van der Waals surface area contributed by atoms with Gasteiger partial charge in [0.15, 0.2) is 0 Å². The Labute approximate surface area is 220 Å². The van der Waals surface area contributed by atoms with Gasteiger partial charge in [0.05, 0.1) is 29.2 Å². The Morgan fingerprint density at radius 2 is 1.76 bits per heavy atom. The molecular formula is C30H27F2N3OS. The lowest BCUT2D eigenvalue weighted by atomic mass is 9.62. The molecule has 1 unspecified atom stereocenters. The SMILES string of the molecule is C=C1/C(=C/C)N(C)C(=O)[C@@H](c2ccc(C(C)(F)F)cc2)[C@@]1(C)C1CC(c2cc(C#N)cc(C#N)c2)=CS1. The van der Waals surface area contributed by atoms with Gasteiger partial charge in [0.25, 0.3) is 5.92 Å². The number of thioether (sulfide) groups is 1. The van der Waals surface area contributed by atoms with Gasteiger partial charge in [-0.05, 0) is 59.2 Å². The number of piperidine rings is 1. The van der Waals surface area contributed by atoms with Gasteiger partial charge in [0.2, 0.25) is 5.91 Å². The highest BCUT2D eigenvalue weighted by Gasteiger charge is 2.54. The van der Waals surface area contributed by atoms with Gasteiger partial charge in [-0.2, -0.15) is 10.5 Å². The number of rotatable bonds is 4. The highest BCUT2D eigenvalue weighted by atomic mass is 32.2. The number of amides is 1. The van der Waals surface area contributed by atoms with Gasteiger partial charge in [-0.15, -0.1) is 11.8 Å². The molecule has 4 nitrogen and oxygen atoms in total. The Balaban J connectivity index is 1.77. The number of hydrogen-bond donors (Lipinski definition) is 0. The maximum absolute atomic E-state index is 13.9. The van der Waals surface area contributed by atoms with Gasteiger partial charge < -0.3 is 4.90 Å². The van der Waals surface area contributed by atoms with E-state index in [1.807, 2.05) is 25.3 Å². The predicted octanol–water partition coefficient (Wildman–Crippen LogP) is 7.11. The fourth-order valence-electron chi connectivity index (χ4n) is 5.37. The summed E-state index contributed by atoms with van der Waals surface area (Å²) in [6.45, 7) is 9.18. The first kappa shape index (κ1) is 26.4. The summed E-state index contributed by atoms with van der Waals surface area (Å²) >= 11 is 1.60. The van der Waals surface area contributed by atoms with Crippen molar-refractivity contribution in [3.8, 4) is 12.1 Å². The summed E-state index contributed by atoms with van der Waals surface area (Å²) in [5, 5.41) is 20.8. The minimum absolute atomic E-state index is 0.0869. The number of hydrogen-bond acceptors (Lipinski definition) is 4. The summed E-state index contributed by atoms with van der Waals surface area (Å²) in [5.74, 6) is -3.72. The zero-order valence-electron chi connectivity index (χ0n) is 21.2. The van der Waals surface area contributed by atoms with E-state index in [9.17, 15) is 24.1 Å². The van der Waals surface area contributed by atoms with Gasteiger partial charge in [0.1, 0.15) is 0 Å². The molecule has 0 radical (unpaired) electrons. The molecule has 37 heavy (non-hydrogen) atoms. The van der Waals surface area contributed by atoms with E-state index in [0.717, 1.165) is 29.3 Å². The molecule has 0 bridgehead atoms. The van der Waals surface area contributed by atoms with Crippen molar-refractivity contribution in [3.05, 3.63) is 99.6 Å².